The van der Waals surface area contributed by atoms with Gasteiger partial charge in [-0.25, -0.2) is 4.39 Å². The van der Waals surface area contributed by atoms with Crippen molar-refractivity contribution in [2.45, 2.75) is 45.2 Å². The summed E-state index contributed by atoms with van der Waals surface area (Å²) in [6.45, 7) is 10.2. The van der Waals surface area contributed by atoms with Crippen LogP contribution in [0.3, 0.4) is 0 Å². The second kappa shape index (κ2) is 11.3. The monoisotopic (exact) mass is 568 g/mol. The van der Waals surface area contributed by atoms with Gasteiger partial charge in [0, 0.05) is 17.2 Å². The van der Waals surface area contributed by atoms with Gasteiger partial charge in [0.1, 0.15) is 5.82 Å². The normalized spacial score (nSPS) is 19.7. The van der Waals surface area contributed by atoms with Crippen molar-refractivity contribution in [1.82, 2.24) is 5.32 Å². The summed E-state index contributed by atoms with van der Waals surface area (Å²) >= 11 is 12.2. The average molecular weight is 569 g/mol. The molecule has 0 spiro atoms. The van der Waals surface area contributed by atoms with Crippen LogP contribution in [0.25, 0.3) is 0 Å². The van der Waals surface area contributed by atoms with Gasteiger partial charge in [0.15, 0.2) is 0 Å². The van der Waals surface area contributed by atoms with Crippen LogP contribution >= 0.6 is 23.2 Å². The number of benzene rings is 2. The largest absolute Gasteiger partial charge is 0.417 e. The number of carbonyl (C=O) groups is 2. The van der Waals surface area contributed by atoms with Gasteiger partial charge in [0.05, 0.1) is 27.6 Å². The highest BCUT2D eigenvalue weighted by Crippen LogP contribution is 2.53. The van der Waals surface area contributed by atoms with E-state index < -0.39 is 51.6 Å². The summed E-state index contributed by atoms with van der Waals surface area (Å²) in [7, 11) is 0. The van der Waals surface area contributed by atoms with Gasteiger partial charge in [-0.3, -0.25) is 9.59 Å². The Balaban J connectivity index is 1.79. The molecule has 38 heavy (non-hydrogen) atoms. The van der Waals surface area contributed by atoms with Gasteiger partial charge in [0.2, 0.25) is 5.91 Å². The first-order valence-electron chi connectivity index (χ1n) is 11.6. The average Bonchev–Trinajstić information content (AvgIpc) is 3.49. The van der Waals surface area contributed by atoms with Crippen molar-refractivity contribution in [1.29, 1.82) is 0 Å². The molecule has 202 valence electrons. The van der Waals surface area contributed by atoms with E-state index in [2.05, 4.69) is 17.2 Å². The van der Waals surface area contributed by atoms with Gasteiger partial charge >= 0.3 is 6.18 Å². The van der Waals surface area contributed by atoms with E-state index in [1.165, 1.54) is 37.3 Å². The Hall–Kier alpha value is -3.10. The van der Waals surface area contributed by atoms with Crippen LogP contribution in [0.15, 0.2) is 65.9 Å². The molecule has 0 bridgehead atoms. The van der Waals surface area contributed by atoms with Gasteiger partial charge in [-0.2, -0.15) is 13.2 Å². The van der Waals surface area contributed by atoms with Crippen molar-refractivity contribution in [3.8, 4) is 0 Å². The van der Waals surface area contributed by atoms with E-state index in [1.807, 2.05) is 0 Å². The quantitative estimate of drug-likeness (QED) is 0.156. The van der Waals surface area contributed by atoms with Crippen molar-refractivity contribution in [3.05, 3.63) is 99.0 Å². The van der Waals surface area contributed by atoms with Crippen LogP contribution in [0.4, 0.5) is 23.2 Å². The van der Waals surface area contributed by atoms with Crippen LogP contribution in [0.1, 0.15) is 42.0 Å². The predicted molar refractivity (Wildman–Crippen MR) is 142 cm³/mol. The van der Waals surface area contributed by atoms with E-state index in [0.717, 1.165) is 6.07 Å². The molecule has 2 N–H and O–H groups in total. The molecule has 1 aliphatic carbocycles. The number of alkyl halides is 4. The Labute approximate surface area is 228 Å². The smallest absolute Gasteiger partial charge is 0.326 e. The molecule has 2 amide bonds. The summed E-state index contributed by atoms with van der Waals surface area (Å²) in [4.78, 5) is 25.9. The number of halogens is 6. The number of hydrogen-bond acceptors (Lipinski definition) is 2. The molecule has 2 aromatic carbocycles. The summed E-state index contributed by atoms with van der Waals surface area (Å²) in [5, 5.41) is 4.04. The Bertz CT molecular complexity index is 1370. The molecular weight excluding hydrogens is 543 g/mol. The van der Waals surface area contributed by atoms with Crippen molar-refractivity contribution in [2.75, 3.05) is 5.32 Å². The maximum atomic E-state index is 14.2. The lowest BCUT2D eigenvalue weighted by atomic mass is 10.0. The molecule has 1 aliphatic rings. The standard InChI is InChI=1S/C28H26Cl2F4N2O2/c1-6-17(12-18(13(2)3)26(37)36-21-8-7-14(4)9-20(21)31)35-27(38)23-22(25(23)30)16-10-15(5)24(29)19(11-16)28(32,33)34/h6-12,22-23,25H,2H2,1,3-5H3,(H,35,38)(H,36,37)/b17-6+,18-12+. The van der Waals surface area contributed by atoms with Crippen molar-refractivity contribution < 1.29 is 27.2 Å². The Morgan fingerprint density at radius 1 is 1.13 bits per heavy atom. The van der Waals surface area contributed by atoms with Crippen LogP contribution in [-0.4, -0.2) is 17.2 Å². The lowest BCUT2D eigenvalue weighted by Crippen LogP contribution is -2.26. The number of hydrogen-bond donors (Lipinski definition) is 2. The van der Waals surface area contributed by atoms with Crippen molar-refractivity contribution >= 4 is 40.7 Å². The molecule has 0 saturated heterocycles. The van der Waals surface area contributed by atoms with Gasteiger partial charge in [0.25, 0.3) is 5.91 Å². The van der Waals surface area contributed by atoms with Crippen LogP contribution in [0, 0.1) is 25.6 Å². The summed E-state index contributed by atoms with van der Waals surface area (Å²) in [5.41, 5.74) is 0.879. The summed E-state index contributed by atoms with van der Waals surface area (Å²) in [6.07, 6.45) is -1.73. The Morgan fingerprint density at radius 3 is 2.34 bits per heavy atom. The maximum Gasteiger partial charge on any atom is 0.417 e. The molecule has 3 unspecified atom stereocenters. The molecule has 10 heteroatoms. The fourth-order valence-electron chi connectivity index (χ4n) is 4.04. The number of carbonyl (C=O) groups excluding carboxylic acids is 2. The fourth-order valence-corrected chi connectivity index (χ4v) is 4.74. The van der Waals surface area contributed by atoms with Crippen LogP contribution < -0.4 is 10.6 Å². The summed E-state index contributed by atoms with van der Waals surface area (Å²) < 4.78 is 54.5. The molecule has 3 rings (SSSR count). The van der Waals surface area contributed by atoms with Gasteiger partial charge in [-0.1, -0.05) is 36.4 Å². The lowest BCUT2D eigenvalue weighted by molar-refractivity contribution is -0.137. The number of anilines is 1. The van der Waals surface area contributed by atoms with E-state index >= 15 is 0 Å². The van der Waals surface area contributed by atoms with E-state index in [9.17, 15) is 27.2 Å². The van der Waals surface area contributed by atoms with Crippen LogP contribution in [-0.2, 0) is 15.8 Å². The molecule has 0 heterocycles. The minimum absolute atomic E-state index is 0.0129. The van der Waals surface area contributed by atoms with Gasteiger partial charge in [-0.05, 0) is 74.2 Å². The number of amides is 2. The second-order valence-electron chi connectivity index (χ2n) is 9.20. The number of rotatable bonds is 7. The number of nitrogens with one attached hydrogen (secondary N) is 2. The minimum atomic E-state index is -4.66. The number of allylic oxidation sites excluding steroid dienone is 2. The molecular formula is C28H26Cl2F4N2O2. The van der Waals surface area contributed by atoms with Crippen molar-refractivity contribution in [3.63, 3.8) is 0 Å². The van der Waals surface area contributed by atoms with E-state index in [4.69, 9.17) is 23.2 Å². The molecule has 2 aromatic rings. The topological polar surface area (TPSA) is 58.2 Å². The van der Waals surface area contributed by atoms with Gasteiger partial charge in [-0.15, -0.1) is 11.6 Å². The SMILES string of the molecule is C=C(C)/C(=C\C(=C/C)NC(=O)C1C(Cl)C1c1cc(C)c(Cl)c(C(F)(F)F)c1)C(=O)Nc1ccc(C)cc1F. The zero-order valence-corrected chi connectivity index (χ0v) is 22.6. The zero-order valence-electron chi connectivity index (χ0n) is 21.1. The molecule has 0 aliphatic heterocycles. The Morgan fingerprint density at radius 2 is 1.79 bits per heavy atom. The first-order valence-corrected chi connectivity index (χ1v) is 12.4. The third-order valence-corrected chi connectivity index (χ3v) is 7.20. The molecule has 1 fully saturated rings. The highest BCUT2D eigenvalue weighted by Gasteiger charge is 2.55. The first kappa shape index (κ1) is 29.5. The third kappa shape index (κ3) is 6.48. The predicted octanol–water partition coefficient (Wildman–Crippen LogP) is 7.60. The van der Waals surface area contributed by atoms with Gasteiger partial charge < -0.3 is 10.6 Å². The maximum absolute atomic E-state index is 14.2. The van der Waals surface area contributed by atoms with E-state index in [1.54, 1.807) is 26.8 Å². The molecule has 1 saturated carbocycles. The molecule has 0 radical (unpaired) electrons. The minimum Gasteiger partial charge on any atom is -0.326 e. The molecule has 4 nitrogen and oxygen atoms in total. The lowest BCUT2D eigenvalue weighted by Gasteiger charge is -2.14. The fraction of sp³-hybridized carbons (Fsp3) is 0.286. The molecule has 3 atom stereocenters. The zero-order chi connectivity index (χ0) is 28.5. The highest BCUT2D eigenvalue weighted by atomic mass is 35.5. The summed E-state index contributed by atoms with van der Waals surface area (Å²) in [6, 6.07) is 6.79. The van der Waals surface area contributed by atoms with E-state index in [-0.39, 0.29) is 28.1 Å². The van der Waals surface area contributed by atoms with Crippen LogP contribution in [0.2, 0.25) is 5.02 Å². The number of aryl methyl sites for hydroxylation is 2. The first-order chi connectivity index (χ1) is 17.6. The second-order valence-corrected chi connectivity index (χ2v) is 10.1. The van der Waals surface area contributed by atoms with Crippen LogP contribution in [0.5, 0.6) is 0 Å². The summed E-state index contributed by atoms with van der Waals surface area (Å²) in [5.74, 6) is -3.20. The van der Waals surface area contributed by atoms with E-state index in [0.29, 0.717) is 11.1 Å². The van der Waals surface area contributed by atoms with Crippen molar-refractivity contribution in [2.24, 2.45) is 5.92 Å². The molecule has 0 aromatic heterocycles. The highest BCUT2D eigenvalue weighted by molar-refractivity contribution is 6.32. The Kier molecular flexibility index (Phi) is 8.79. The third-order valence-electron chi connectivity index (χ3n) is 6.16.